The molecule has 0 fully saturated rings. The first-order valence-electron chi connectivity index (χ1n) is 21.7. The summed E-state index contributed by atoms with van der Waals surface area (Å²) in [6.45, 7) is 19.7. The van der Waals surface area contributed by atoms with Gasteiger partial charge in [-0.3, -0.25) is 9.18 Å². The summed E-state index contributed by atoms with van der Waals surface area (Å²) in [5.74, 6) is 0.141. The molecule has 2 heterocycles. The predicted octanol–water partition coefficient (Wildman–Crippen LogP) is 13.9. The number of hydrogen-bond donors (Lipinski definition) is 1. The van der Waals surface area contributed by atoms with E-state index in [0.717, 1.165) is 84.7 Å². The number of halogens is 1. The van der Waals surface area contributed by atoms with Crippen molar-refractivity contribution >= 4 is 27.3 Å². The number of carbonyl (C=O) groups is 1. The number of carbonyl (C=O) groups excluding carboxylic acids is 1. The second-order valence-corrected chi connectivity index (χ2v) is 15.0. The smallest absolute Gasteiger partial charge is 0.162 e. The molecule has 57 heavy (non-hydrogen) atoms. The van der Waals surface area contributed by atoms with Crippen LogP contribution in [0.15, 0.2) is 96.9 Å². The van der Waals surface area contributed by atoms with Gasteiger partial charge in [0, 0.05) is 50.4 Å². The number of pyridine rings is 2. The second kappa shape index (κ2) is 22.4. The zero-order valence-electron chi connectivity index (χ0n) is 39.1. The molecule has 0 amide bonds. The summed E-state index contributed by atoms with van der Waals surface area (Å²) < 4.78 is 44.5. The van der Waals surface area contributed by atoms with Crippen LogP contribution in [-0.2, 0) is 24.9 Å². The number of ketones is 1. The van der Waals surface area contributed by atoms with Gasteiger partial charge >= 0.3 is 0 Å². The average molecular weight is 947 g/mol. The number of fused-ring (bicyclic) bond motifs is 2. The summed E-state index contributed by atoms with van der Waals surface area (Å²) in [6, 6.07) is 27.3. The van der Waals surface area contributed by atoms with Crippen LogP contribution in [0.3, 0.4) is 0 Å². The molecule has 0 aliphatic rings. The van der Waals surface area contributed by atoms with E-state index in [4.69, 9.17) is 5.48 Å². The Labute approximate surface area is 360 Å². The molecule has 0 saturated carbocycles. The van der Waals surface area contributed by atoms with Gasteiger partial charge in [0.15, 0.2) is 5.78 Å². The van der Waals surface area contributed by atoms with Gasteiger partial charge in [0.2, 0.25) is 0 Å². The Morgan fingerprint density at radius 3 is 1.68 bits per heavy atom. The van der Waals surface area contributed by atoms with Crippen LogP contribution < -0.4 is 0 Å². The van der Waals surface area contributed by atoms with Crippen molar-refractivity contribution in [2.45, 2.75) is 101 Å². The molecule has 1 atom stereocenters. The van der Waals surface area contributed by atoms with Crippen LogP contribution >= 0.6 is 0 Å². The van der Waals surface area contributed by atoms with Crippen molar-refractivity contribution in [2.24, 2.45) is 11.8 Å². The van der Waals surface area contributed by atoms with E-state index < -0.39 is 6.67 Å². The molecule has 0 spiro atoms. The third kappa shape index (κ3) is 13.0. The SMILES string of the molecule is CCC(CC)C(=O)/C=C(\O)C(CC)CCF.[2H]c1nc(-c2[c-]c(C)cc(C)c2)c2ccc(C(C)C)cc2c1[2H].[2H]c1nc(-c2[c-]c(C)cc(C)c2)c2ccc(C)cc2c1[2H].[Ir]. The Hall–Kier alpha value is -4.51. The van der Waals surface area contributed by atoms with E-state index in [-0.39, 0.29) is 74.3 Å². The molecular weight excluding hydrogens is 884 g/mol. The van der Waals surface area contributed by atoms with Crippen molar-refractivity contribution in [2.75, 3.05) is 6.67 Å². The van der Waals surface area contributed by atoms with Crippen molar-refractivity contribution in [3.05, 3.63) is 142 Å². The molecule has 1 N–H and O–H groups in total. The van der Waals surface area contributed by atoms with Crippen molar-refractivity contribution in [1.29, 1.82) is 0 Å². The van der Waals surface area contributed by atoms with Gasteiger partial charge in [0.05, 0.1) is 17.9 Å². The molecule has 6 aromatic rings. The maximum Gasteiger partial charge on any atom is 0.162 e. The third-order valence-corrected chi connectivity index (χ3v) is 9.97. The molecule has 0 saturated heterocycles. The summed E-state index contributed by atoms with van der Waals surface area (Å²) in [6.07, 6.45) is 3.81. The molecule has 1 unspecified atom stereocenters. The van der Waals surface area contributed by atoms with Crippen LogP contribution in [0.4, 0.5) is 4.39 Å². The Balaban J connectivity index is 0.000000247. The largest absolute Gasteiger partial charge is 0.512 e. The number of aliphatic hydroxyl groups is 1. The summed E-state index contributed by atoms with van der Waals surface area (Å²) >= 11 is 0. The number of alkyl halides is 1. The van der Waals surface area contributed by atoms with Gasteiger partial charge in [-0.25, -0.2) is 0 Å². The van der Waals surface area contributed by atoms with E-state index >= 15 is 0 Å². The van der Waals surface area contributed by atoms with Crippen LogP contribution in [0.1, 0.15) is 105 Å². The summed E-state index contributed by atoms with van der Waals surface area (Å²) in [5.41, 5.74) is 9.89. The third-order valence-electron chi connectivity index (χ3n) is 9.97. The van der Waals surface area contributed by atoms with E-state index in [0.29, 0.717) is 12.3 Å². The molecular formula is C51H59FIrN2O2-2. The summed E-state index contributed by atoms with van der Waals surface area (Å²) in [5, 5.41) is 13.1. The number of nitrogens with zero attached hydrogens (tertiary/aromatic N) is 2. The molecule has 6 rings (SSSR count). The van der Waals surface area contributed by atoms with Gasteiger partial charge < -0.3 is 15.1 Å². The molecule has 2 aromatic heterocycles. The number of hydrogen-bond acceptors (Lipinski definition) is 4. The Morgan fingerprint density at radius 1 is 0.737 bits per heavy atom. The first-order chi connectivity index (χ1) is 28.4. The van der Waals surface area contributed by atoms with Crippen LogP contribution in [0, 0.1) is 58.6 Å². The van der Waals surface area contributed by atoms with E-state index in [9.17, 15) is 14.3 Å². The van der Waals surface area contributed by atoms with Crippen molar-refractivity contribution in [1.82, 2.24) is 9.97 Å². The number of aliphatic hydroxyl groups excluding tert-OH is 1. The predicted molar refractivity (Wildman–Crippen MR) is 234 cm³/mol. The first kappa shape index (κ1) is 40.7. The molecule has 0 aliphatic carbocycles. The normalized spacial score (nSPS) is 12.8. The fourth-order valence-electron chi connectivity index (χ4n) is 6.83. The van der Waals surface area contributed by atoms with Crippen molar-refractivity contribution in [3.8, 4) is 22.5 Å². The van der Waals surface area contributed by atoms with E-state index in [1.807, 2.05) is 97.9 Å². The van der Waals surface area contributed by atoms with Crippen LogP contribution in [0.5, 0.6) is 0 Å². The second-order valence-electron chi connectivity index (χ2n) is 15.0. The van der Waals surface area contributed by atoms with Gasteiger partial charge in [-0.15, -0.1) is 69.8 Å². The minimum Gasteiger partial charge on any atom is -0.512 e. The van der Waals surface area contributed by atoms with E-state index in [1.165, 1.54) is 11.6 Å². The quantitative estimate of drug-likeness (QED) is 0.0798. The van der Waals surface area contributed by atoms with Crippen LogP contribution in [0.25, 0.3) is 44.1 Å². The minimum atomic E-state index is -0.463. The fourth-order valence-corrected chi connectivity index (χ4v) is 6.83. The number of rotatable bonds is 11. The molecule has 1 radical (unpaired) electrons. The van der Waals surface area contributed by atoms with Gasteiger partial charge in [-0.2, -0.15) is 0 Å². The molecule has 6 heteroatoms. The van der Waals surface area contributed by atoms with E-state index in [2.05, 4.69) is 54.1 Å². The molecule has 4 nitrogen and oxygen atoms in total. The van der Waals surface area contributed by atoms with Gasteiger partial charge in [0.25, 0.3) is 0 Å². The van der Waals surface area contributed by atoms with Crippen LogP contribution in [0.2, 0.25) is 0 Å². The number of aryl methyl sites for hydroxylation is 5. The zero-order valence-corrected chi connectivity index (χ0v) is 37.5. The summed E-state index contributed by atoms with van der Waals surface area (Å²) in [7, 11) is 0. The van der Waals surface area contributed by atoms with Gasteiger partial charge in [-0.1, -0.05) is 104 Å². The fraction of sp³-hybridized carbons (Fsp3) is 0.353. The first-order valence-corrected chi connectivity index (χ1v) is 19.7. The van der Waals surface area contributed by atoms with Gasteiger partial charge in [-0.05, 0) is 89.1 Å². The molecule has 4 aromatic carbocycles. The minimum absolute atomic E-state index is 0. The number of aromatic nitrogens is 2. The van der Waals surface area contributed by atoms with Crippen molar-refractivity contribution < 1.29 is 39.9 Å². The van der Waals surface area contributed by atoms with E-state index in [1.54, 1.807) is 0 Å². The Bertz CT molecular complexity index is 2460. The van der Waals surface area contributed by atoms with Crippen LogP contribution in [-0.4, -0.2) is 27.5 Å². The average Bonchev–Trinajstić information content (AvgIpc) is 3.19. The maximum atomic E-state index is 12.2. The van der Waals surface area contributed by atoms with Crippen molar-refractivity contribution in [3.63, 3.8) is 0 Å². The zero-order chi connectivity index (χ0) is 44.4. The Morgan fingerprint density at radius 2 is 1.23 bits per heavy atom. The molecule has 303 valence electrons. The van der Waals surface area contributed by atoms with Gasteiger partial charge in [0.1, 0.15) is 0 Å². The topological polar surface area (TPSA) is 63.1 Å². The standard InChI is InChI=1S/C20H20N.C18H16N.C13H23FO2.Ir/c1-13(2)16-5-6-19-17(12-16)7-8-21-20(19)18-10-14(3)9-15(4)11-18;1-12-4-5-17-15(9-12)6-7-19-18(17)16-10-13(2)8-14(3)11-16;1-4-10(5-2)12(15)9-13(16)11(6-3)7-8-14;/h5-10,12-13H,1-4H3;4-10H,1-3H3;9-11,16H,4-8H2,1-3H3;/q2*-1;;/b;;13-9-;/i7D,8D;6D,7D;;. The summed E-state index contributed by atoms with van der Waals surface area (Å²) in [4.78, 5) is 20.4. The Kier molecular flexibility index (Phi) is 16.0. The maximum absolute atomic E-state index is 12.2. The number of allylic oxidation sites excluding steroid dienone is 2. The number of benzene rings is 4. The molecule has 0 aliphatic heterocycles. The monoisotopic (exact) mass is 947 g/mol. The molecule has 0 bridgehead atoms.